The van der Waals surface area contributed by atoms with Gasteiger partial charge in [-0.15, -0.1) is 0 Å². The molecule has 0 saturated carbocycles. The van der Waals surface area contributed by atoms with E-state index in [1.54, 1.807) is 60.7 Å². The first-order valence-electron chi connectivity index (χ1n) is 10.5. The van der Waals surface area contributed by atoms with Gasteiger partial charge in [-0.25, -0.2) is 26.7 Å². The second-order valence-electron chi connectivity index (χ2n) is 9.04. The topological polar surface area (TPSA) is 40.5 Å². The van der Waals surface area contributed by atoms with E-state index < -0.39 is 51.6 Å². The molecule has 1 N–H and O–H groups in total. The van der Waals surface area contributed by atoms with Crippen molar-refractivity contribution in [3.05, 3.63) is 106 Å². The number of carboxylic acid groups (broad SMARTS) is 1. The van der Waals surface area contributed by atoms with Crippen molar-refractivity contribution >= 4 is 5.97 Å². The van der Waals surface area contributed by atoms with Crippen LogP contribution < -0.4 is 0 Å². The van der Waals surface area contributed by atoms with Crippen LogP contribution in [0.3, 0.4) is 0 Å². The fourth-order valence-electron chi connectivity index (χ4n) is 4.39. The zero-order chi connectivity index (χ0) is 25.3. The van der Waals surface area contributed by atoms with Crippen LogP contribution in [0.1, 0.15) is 37.5 Å². The van der Waals surface area contributed by atoms with Crippen LogP contribution in [0.2, 0.25) is 0 Å². The fraction of sp³-hybridized carbons (Fsp3) is 0.269. The summed E-state index contributed by atoms with van der Waals surface area (Å²) in [5.41, 5.74) is -4.37. The lowest BCUT2D eigenvalue weighted by Crippen LogP contribution is -2.60. The largest absolute Gasteiger partial charge is 0.480 e. The van der Waals surface area contributed by atoms with Crippen LogP contribution in [0.15, 0.2) is 60.7 Å². The van der Waals surface area contributed by atoms with Gasteiger partial charge < -0.3 is 5.11 Å². The van der Waals surface area contributed by atoms with E-state index in [0.717, 1.165) is 0 Å². The van der Waals surface area contributed by atoms with E-state index in [0.29, 0.717) is 11.1 Å². The monoisotopic (exact) mass is 477 g/mol. The molecule has 0 saturated heterocycles. The highest BCUT2D eigenvalue weighted by Crippen LogP contribution is 2.49. The summed E-state index contributed by atoms with van der Waals surface area (Å²) in [5, 5.41) is 10.5. The van der Waals surface area contributed by atoms with Gasteiger partial charge in [-0.1, -0.05) is 81.4 Å². The molecule has 0 bridgehead atoms. The Morgan fingerprint density at radius 3 is 1.38 bits per heavy atom. The number of rotatable bonds is 7. The molecular formula is C26H24F5NO2. The third kappa shape index (κ3) is 4.30. The lowest BCUT2D eigenvalue weighted by Gasteiger charge is -2.49. The predicted octanol–water partition coefficient (Wildman–Crippen LogP) is 6.41. The van der Waals surface area contributed by atoms with Crippen LogP contribution in [0.25, 0.3) is 0 Å². The molecule has 0 heterocycles. The molecule has 3 nitrogen and oxygen atoms in total. The third-order valence-corrected chi connectivity index (χ3v) is 5.87. The van der Waals surface area contributed by atoms with Crippen LogP contribution in [-0.2, 0) is 23.4 Å². The summed E-state index contributed by atoms with van der Waals surface area (Å²) in [6, 6.07) is 17.0. The molecule has 0 radical (unpaired) electrons. The highest BCUT2D eigenvalue weighted by molar-refractivity contribution is 5.82. The Labute approximate surface area is 194 Å². The number of carboxylic acids is 1. The van der Waals surface area contributed by atoms with E-state index in [-0.39, 0.29) is 13.1 Å². The first-order valence-corrected chi connectivity index (χ1v) is 10.5. The Hall–Kier alpha value is -3.26. The van der Waals surface area contributed by atoms with Crippen molar-refractivity contribution in [3.63, 3.8) is 0 Å². The van der Waals surface area contributed by atoms with Gasteiger partial charge >= 0.3 is 5.97 Å². The molecule has 180 valence electrons. The Bertz CT molecular complexity index is 1110. The number of halogens is 5. The second kappa shape index (κ2) is 9.54. The summed E-state index contributed by atoms with van der Waals surface area (Å²) in [5.74, 6) is -12.8. The van der Waals surface area contributed by atoms with Crippen molar-refractivity contribution in [2.75, 3.05) is 0 Å². The number of hydrogen-bond donors (Lipinski definition) is 1. The number of hydrogen-bond acceptors (Lipinski definition) is 2. The number of nitrogens with zero attached hydrogens (tertiary/aromatic N) is 1. The van der Waals surface area contributed by atoms with Gasteiger partial charge in [0.15, 0.2) is 28.8 Å². The molecule has 0 spiro atoms. The fourth-order valence-corrected chi connectivity index (χ4v) is 4.39. The Kier molecular flexibility index (Phi) is 7.12. The molecule has 34 heavy (non-hydrogen) atoms. The maximum atomic E-state index is 15.2. The molecule has 0 amide bonds. The first-order chi connectivity index (χ1) is 15.9. The molecule has 1 atom stereocenters. The van der Waals surface area contributed by atoms with Gasteiger partial charge in [0.05, 0.1) is 5.56 Å². The van der Waals surface area contributed by atoms with Gasteiger partial charge in [0.2, 0.25) is 5.82 Å². The Balaban J connectivity index is 2.40. The molecule has 3 aromatic carbocycles. The quantitative estimate of drug-likeness (QED) is 0.243. The molecule has 0 aromatic heterocycles. The van der Waals surface area contributed by atoms with Crippen LogP contribution in [-0.4, -0.2) is 16.0 Å². The molecule has 0 aliphatic carbocycles. The molecule has 3 rings (SSSR count). The first kappa shape index (κ1) is 25.4. The van der Waals surface area contributed by atoms with Crippen molar-refractivity contribution in [2.45, 2.75) is 39.4 Å². The average Bonchev–Trinajstić information content (AvgIpc) is 2.79. The van der Waals surface area contributed by atoms with Gasteiger partial charge in [0.1, 0.15) is 0 Å². The normalized spacial score (nSPS) is 13.7. The highest BCUT2D eigenvalue weighted by Gasteiger charge is 2.58. The summed E-state index contributed by atoms with van der Waals surface area (Å²) in [6.07, 6.45) is 0. The summed E-state index contributed by atoms with van der Waals surface area (Å²) < 4.78 is 73.0. The van der Waals surface area contributed by atoms with E-state index in [4.69, 9.17) is 0 Å². The van der Waals surface area contributed by atoms with E-state index in [1.165, 1.54) is 25.7 Å². The maximum absolute atomic E-state index is 15.2. The summed E-state index contributed by atoms with van der Waals surface area (Å²) in [7, 11) is 0. The molecular weight excluding hydrogens is 453 g/mol. The molecule has 1 unspecified atom stereocenters. The minimum Gasteiger partial charge on any atom is -0.480 e. The summed E-state index contributed by atoms with van der Waals surface area (Å²) in [6.45, 7) is 3.89. The van der Waals surface area contributed by atoms with E-state index in [2.05, 4.69) is 0 Å². The molecule has 0 aliphatic rings. The second-order valence-corrected chi connectivity index (χ2v) is 9.04. The van der Waals surface area contributed by atoms with Gasteiger partial charge in [0.25, 0.3) is 0 Å². The molecule has 0 fully saturated rings. The van der Waals surface area contributed by atoms with Crippen molar-refractivity contribution in [3.8, 4) is 0 Å². The Morgan fingerprint density at radius 1 is 0.706 bits per heavy atom. The van der Waals surface area contributed by atoms with E-state index in [9.17, 15) is 23.1 Å². The molecule has 0 aliphatic heterocycles. The van der Waals surface area contributed by atoms with Crippen LogP contribution >= 0.6 is 0 Å². The molecule has 8 heteroatoms. The summed E-state index contributed by atoms with van der Waals surface area (Å²) >= 11 is 0. The number of benzene rings is 3. The smallest absolute Gasteiger partial charge is 0.329 e. The van der Waals surface area contributed by atoms with Crippen molar-refractivity contribution in [1.82, 2.24) is 4.90 Å². The molecule has 3 aromatic rings. The zero-order valence-corrected chi connectivity index (χ0v) is 18.9. The Morgan fingerprint density at radius 2 is 1.06 bits per heavy atom. The number of aliphatic carboxylic acids is 1. The van der Waals surface area contributed by atoms with Gasteiger partial charge in [-0.3, -0.25) is 4.90 Å². The minimum absolute atomic E-state index is 0.140. The van der Waals surface area contributed by atoms with Crippen LogP contribution in [0.5, 0.6) is 0 Å². The van der Waals surface area contributed by atoms with Crippen molar-refractivity contribution in [1.29, 1.82) is 0 Å². The standard InChI is InChI=1S/C26H24F5NO2/c1-25(2,3)26(24(33)34,18-19(27)21(29)23(31)22(30)20(18)28)32(14-16-10-6-4-7-11-16)15-17-12-8-5-9-13-17/h4-13H,14-15H2,1-3H3,(H,33,34). The van der Waals surface area contributed by atoms with Gasteiger partial charge in [-0.05, 0) is 16.5 Å². The predicted molar refractivity (Wildman–Crippen MR) is 117 cm³/mol. The van der Waals surface area contributed by atoms with Gasteiger partial charge in [-0.2, -0.15) is 0 Å². The van der Waals surface area contributed by atoms with Crippen molar-refractivity contribution in [2.24, 2.45) is 5.41 Å². The zero-order valence-electron chi connectivity index (χ0n) is 18.9. The minimum atomic E-state index is -2.64. The van der Waals surface area contributed by atoms with E-state index >= 15 is 8.78 Å². The van der Waals surface area contributed by atoms with E-state index in [1.807, 2.05) is 0 Å². The highest BCUT2D eigenvalue weighted by atomic mass is 19.2. The lowest BCUT2D eigenvalue weighted by molar-refractivity contribution is -0.165. The van der Waals surface area contributed by atoms with Gasteiger partial charge in [0, 0.05) is 13.1 Å². The third-order valence-electron chi connectivity index (χ3n) is 5.87. The van der Waals surface area contributed by atoms with Crippen molar-refractivity contribution < 1.29 is 31.9 Å². The SMILES string of the molecule is CC(C)(C)C(C(=O)O)(c1c(F)c(F)c(F)c(F)c1F)N(Cc1ccccc1)Cc1ccccc1. The average molecular weight is 477 g/mol. The summed E-state index contributed by atoms with van der Waals surface area (Å²) in [4.78, 5) is 14.2. The lowest BCUT2D eigenvalue weighted by atomic mass is 9.67. The van der Waals surface area contributed by atoms with Crippen LogP contribution in [0.4, 0.5) is 22.0 Å². The maximum Gasteiger partial charge on any atom is 0.329 e. The number of carbonyl (C=O) groups is 1. The van der Waals surface area contributed by atoms with Crippen LogP contribution in [0, 0.1) is 34.5 Å².